The summed E-state index contributed by atoms with van der Waals surface area (Å²) in [7, 11) is 0. The number of rotatable bonds is 2. The highest BCUT2D eigenvalue weighted by atomic mass is 16.5. The zero-order valence-electron chi connectivity index (χ0n) is 8.12. The fourth-order valence-electron chi connectivity index (χ4n) is 2.10. The van der Waals surface area contributed by atoms with Gasteiger partial charge in [0.2, 0.25) is 0 Å². The van der Waals surface area contributed by atoms with Crippen molar-refractivity contribution < 1.29 is 14.6 Å². The third-order valence-electron chi connectivity index (χ3n) is 3.55. The maximum absolute atomic E-state index is 10.8. The Morgan fingerprint density at radius 1 is 1.54 bits per heavy atom. The van der Waals surface area contributed by atoms with E-state index in [0.29, 0.717) is 11.8 Å². The van der Waals surface area contributed by atoms with Crippen LogP contribution in [-0.4, -0.2) is 23.3 Å². The predicted octanol–water partition coefficient (Wildman–Crippen LogP) is 1.66. The molecule has 3 atom stereocenters. The second kappa shape index (κ2) is 2.71. The summed E-state index contributed by atoms with van der Waals surface area (Å²) < 4.78 is 5.68. The monoisotopic (exact) mass is 184 g/mol. The van der Waals surface area contributed by atoms with Crippen LogP contribution in [0.2, 0.25) is 0 Å². The molecule has 0 spiro atoms. The summed E-state index contributed by atoms with van der Waals surface area (Å²) in [4.78, 5) is 10.8. The standard InChI is InChI=1S/C10H16O3/c1-6-7(9(11)12)5-8(13-6)10(2)3-4-10/h6-8H,3-5H2,1-2H3,(H,11,12). The first-order chi connectivity index (χ1) is 6.03. The Kier molecular flexibility index (Phi) is 1.88. The van der Waals surface area contributed by atoms with Gasteiger partial charge in [0.1, 0.15) is 0 Å². The molecule has 3 nitrogen and oxygen atoms in total. The van der Waals surface area contributed by atoms with Crippen LogP contribution in [0, 0.1) is 11.3 Å². The topological polar surface area (TPSA) is 46.5 Å². The molecule has 1 heterocycles. The molecule has 3 unspecified atom stereocenters. The van der Waals surface area contributed by atoms with E-state index in [1.54, 1.807) is 0 Å². The van der Waals surface area contributed by atoms with E-state index >= 15 is 0 Å². The van der Waals surface area contributed by atoms with E-state index in [-0.39, 0.29) is 18.1 Å². The van der Waals surface area contributed by atoms with E-state index < -0.39 is 5.97 Å². The Labute approximate surface area is 78.1 Å². The minimum atomic E-state index is -0.709. The number of carbonyl (C=O) groups is 1. The number of aliphatic carboxylic acids is 1. The van der Waals surface area contributed by atoms with Crippen LogP contribution >= 0.6 is 0 Å². The molecule has 13 heavy (non-hydrogen) atoms. The molecule has 1 N–H and O–H groups in total. The van der Waals surface area contributed by atoms with E-state index in [4.69, 9.17) is 9.84 Å². The van der Waals surface area contributed by atoms with Gasteiger partial charge in [0.25, 0.3) is 0 Å². The zero-order valence-corrected chi connectivity index (χ0v) is 8.12. The second-order valence-corrected chi connectivity index (χ2v) is 4.66. The van der Waals surface area contributed by atoms with Crippen molar-refractivity contribution in [3.63, 3.8) is 0 Å². The maximum atomic E-state index is 10.8. The van der Waals surface area contributed by atoms with Crippen LogP contribution in [0.25, 0.3) is 0 Å². The molecule has 0 aromatic heterocycles. The highest BCUT2D eigenvalue weighted by molar-refractivity contribution is 5.71. The molecule has 0 aromatic rings. The summed E-state index contributed by atoms with van der Waals surface area (Å²) in [5.74, 6) is -0.998. The average molecular weight is 184 g/mol. The van der Waals surface area contributed by atoms with Crippen molar-refractivity contribution in [2.24, 2.45) is 11.3 Å². The molecule has 2 aliphatic rings. The molecule has 0 radical (unpaired) electrons. The van der Waals surface area contributed by atoms with Crippen molar-refractivity contribution in [3.05, 3.63) is 0 Å². The van der Waals surface area contributed by atoms with Gasteiger partial charge in [0.05, 0.1) is 18.1 Å². The summed E-state index contributed by atoms with van der Waals surface area (Å²) in [6.07, 6.45) is 3.16. The molecule has 74 valence electrons. The maximum Gasteiger partial charge on any atom is 0.309 e. The predicted molar refractivity (Wildman–Crippen MR) is 47.4 cm³/mol. The van der Waals surface area contributed by atoms with E-state index in [1.807, 2.05) is 6.92 Å². The largest absolute Gasteiger partial charge is 0.481 e. The summed E-state index contributed by atoms with van der Waals surface area (Å²) in [5.41, 5.74) is 0.290. The SMILES string of the molecule is CC1OC(C2(C)CC2)CC1C(=O)O. The third-order valence-corrected chi connectivity index (χ3v) is 3.55. The molecule has 0 amide bonds. The molecule has 1 aliphatic heterocycles. The van der Waals surface area contributed by atoms with Gasteiger partial charge in [-0.1, -0.05) is 6.92 Å². The number of hydrogen-bond acceptors (Lipinski definition) is 2. The Bertz CT molecular complexity index is 232. The van der Waals surface area contributed by atoms with Crippen LogP contribution in [-0.2, 0) is 9.53 Å². The zero-order chi connectivity index (χ0) is 9.64. The number of carboxylic acid groups (broad SMARTS) is 1. The van der Waals surface area contributed by atoms with Crippen LogP contribution in [0.3, 0.4) is 0 Å². The van der Waals surface area contributed by atoms with Crippen molar-refractivity contribution in [3.8, 4) is 0 Å². The van der Waals surface area contributed by atoms with Crippen molar-refractivity contribution in [2.75, 3.05) is 0 Å². The molecule has 1 saturated carbocycles. The number of hydrogen-bond donors (Lipinski definition) is 1. The van der Waals surface area contributed by atoms with Crippen LogP contribution in [0.4, 0.5) is 0 Å². The Morgan fingerprint density at radius 2 is 2.15 bits per heavy atom. The average Bonchev–Trinajstić information content (AvgIpc) is 2.63. The van der Waals surface area contributed by atoms with Gasteiger partial charge in [-0.15, -0.1) is 0 Å². The van der Waals surface area contributed by atoms with Crippen molar-refractivity contribution in [1.29, 1.82) is 0 Å². The van der Waals surface area contributed by atoms with Gasteiger partial charge < -0.3 is 9.84 Å². The molecular formula is C10H16O3. The smallest absolute Gasteiger partial charge is 0.309 e. The normalized spacial score (nSPS) is 41.8. The van der Waals surface area contributed by atoms with Crippen LogP contribution in [0.15, 0.2) is 0 Å². The lowest BCUT2D eigenvalue weighted by molar-refractivity contribution is -0.143. The van der Waals surface area contributed by atoms with Gasteiger partial charge in [0.15, 0.2) is 0 Å². The highest BCUT2D eigenvalue weighted by Crippen LogP contribution is 2.53. The summed E-state index contributed by atoms with van der Waals surface area (Å²) >= 11 is 0. The Hall–Kier alpha value is -0.570. The van der Waals surface area contributed by atoms with Crippen molar-refractivity contribution >= 4 is 5.97 Å². The van der Waals surface area contributed by atoms with E-state index in [9.17, 15) is 4.79 Å². The fourth-order valence-corrected chi connectivity index (χ4v) is 2.10. The van der Waals surface area contributed by atoms with Gasteiger partial charge in [-0.3, -0.25) is 4.79 Å². The minimum Gasteiger partial charge on any atom is -0.481 e. The number of carboxylic acids is 1. The quantitative estimate of drug-likeness (QED) is 0.710. The summed E-state index contributed by atoms with van der Waals surface area (Å²) in [6, 6.07) is 0. The molecule has 3 heteroatoms. The first kappa shape index (κ1) is 9.00. The lowest BCUT2D eigenvalue weighted by atomic mass is 9.93. The van der Waals surface area contributed by atoms with Crippen molar-refractivity contribution in [1.82, 2.24) is 0 Å². The van der Waals surface area contributed by atoms with E-state index in [0.717, 1.165) is 0 Å². The van der Waals surface area contributed by atoms with Crippen molar-refractivity contribution in [2.45, 2.75) is 45.3 Å². The fraction of sp³-hybridized carbons (Fsp3) is 0.900. The Balaban J connectivity index is 2.02. The second-order valence-electron chi connectivity index (χ2n) is 4.66. The number of ether oxygens (including phenoxy) is 1. The van der Waals surface area contributed by atoms with Crippen LogP contribution < -0.4 is 0 Å². The van der Waals surface area contributed by atoms with Gasteiger partial charge >= 0.3 is 5.97 Å². The van der Waals surface area contributed by atoms with Gasteiger partial charge in [-0.2, -0.15) is 0 Å². The highest BCUT2D eigenvalue weighted by Gasteiger charge is 2.51. The lowest BCUT2D eigenvalue weighted by Crippen LogP contribution is -2.20. The first-order valence-electron chi connectivity index (χ1n) is 4.91. The van der Waals surface area contributed by atoms with E-state index in [1.165, 1.54) is 12.8 Å². The molecule has 2 fully saturated rings. The first-order valence-corrected chi connectivity index (χ1v) is 4.91. The molecule has 1 aliphatic carbocycles. The molecule has 1 saturated heterocycles. The lowest BCUT2D eigenvalue weighted by Gasteiger charge is -2.17. The molecule has 0 aromatic carbocycles. The summed E-state index contributed by atoms with van der Waals surface area (Å²) in [6.45, 7) is 4.05. The molecular weight excluding hydrogens is 168 g/mol. The molecule has 2 rings (SSSR count). The van der Waals surface area contributed by atoms with Crippen LogP contribution in [0.1, 0.15) is 33.1 Å². The Morgan fingerprint density at radius 3 is 2.54 bits per heavy atom. The summed E-state index contributed by atoms with van der Waals surface area (Å²) in [5, 5.41) is 8.91. The molecule has 0 bridgehead atoms. The minimum absolute atomic E-state index is 0.111. The van der Waals surface area contributed by atoms with Gasteiger partial charge in [0, 0.05) is 0 Å². The van der Waals surface area contributed by atoms with Gasteiger partial charge in [-0.25, -0.2) is 0 Å². The third kappa shape index (κ3) is 1.46. The van der Waals surface area contributed by atoms with Crippen LogP contribution in [0.5, 0.6) is 0 Å². The van der Waals surface area contributed by atoms with Gasteiger partial charge in [-0.05, 0) is 31.6 Å². The van der Waals surface area contributed by atoms with E-state index in [2.05, 4.69) is 6.92 Å².